The summed E-state index contributed by atoms with van der Waals surface area (Å²) in [6, 6.07) is 6.52. The molecule has 5 heteroatoms. The molecule has 19 heavy (non-hydrogen) atoms. The van der Waals surface area contributed by atoms with Crippen LogP contribution in [0.5, 0.6) is 0 Å². The van der Waals surface area contributed by atoms with Crippen molar-refractivity contribution in [3.05, 3.63) is 51.5 Å². The highest BCUT2D eigenvalue weighted by molar-refractivity contribution is 9.10. The zero-order valence-electron chi connectivity index (χ0n) is 10.5. The van der Waals surface area contributed by atoms with Crippen LogP contribution < -0.4 is 0 Å². The van der Waals surface area contributed by atoms with E-state index in [0.29, 0.717) is 11.1 Å². The molecule has 2 aromatic rings. The average Bonchev–Trinajstić information content (AvgIpc) is 2.70. The van der Waals surface area contributed by atoms with Gasteiger partial charge >= 0.3 is 0 Å². The summed E-state index contributed by atoms with van der Waals surface area (Å²) in [5, 5.41) is 13.4. The minimum atomic E-state index is -0.356. The standard InChI is InChI=1S/C14H11BrFN3/c1-9-3-4-11(16)6-12(9)10(7-17)5-14-13(15)8-18-19(14)2/h3-6,8H,1-2H3/b10-5+. The van der Waals surface area contributed by atoms with E-state index in [1.54, 1.807) is 30.1 Å². The van der Waals surface area contributed by atoms with E-state index in [0.717, 1.165) is 15.7 Å². The predicted molar refractivity (Wildman–Crippen MR) is 75.5 cm³/mol. The third kappa shape index (κ3) is 2.74. The third-order valence-electron chi connectivity index (χ3n) is 2.83. The molecule has 1 aromatic heterocycles. The maximum Gasteiger partial charge on any atom is 0.123 e. The summed E-state index contributed by atoms with van der Waals surface area (Å²) in [5.74, 6) is -0.356. The first-order chi connectivity index (χ1) is 9.02. The molecule has 0 aliphatic rings. The molecule has 0 spiro atoms. The first-order valence-corrected chi connectivity index (χ1v) is 6.38. The normalized spacial score (nSPS) is 11.4. The van der Waals surface area contributed by atoms with Crippen LogP contribution in [0, 0.1) is 24.1 Å². The van der Waals surface area contributed by atoms with E-state index >= 15 is 0 Å². The fourth-order valence-corrected chi connectivity index (χ4v) is 2.24. The van der Waals surface area contributed by atoms with Crippen molar-refractivity contribution in [1.29, 1.82) is 5.26 Å². The van der Waals surface area contributed by atoms with E-state index in [1.807, 2.05) is 6.92 Å². The number of rotatable bonds is 2. The largest absolute Gasteiger partial charge is 0.267 e. The summed E-state index contributed by atoms with van der Waals surface area (Å²) < 4.78 is 15.8. The van der Waals surface area contributed by atoms with E-state index in [2.05, 4.69) is 27.1 Å². The molecule has 0 radical (unpaired) electrons. The van der Waals surface area contributed by atoms with Gasteiger partial charge in [-0.1, -0.05) is 6.07 Å². The van der Waals surface area contributed by atoms with Crippen molar-refractivity contribution >= 4 is 27.6 Å². The summed E-state index contributed by atoms with van der Waals surface area (Å²) in [4.78, 5) is 0. The lowest BCUT2D eigenvalue weighted by molar-refractivity contribution is 0.627. The molecular weight excluding hydrogens is 309 g/mol. The Bertz CT molecular complexity index is 676. The van der Waals surface area contributed by atoms with Crippen molar-refractivity contribution < 1.29 is 4.39 Å². The van der Waals surface area contributed by atoms with E-state index in [1.165, 1.54) is 12.1 Å². The van der Waals surface area contributed by atoms with Gasteiger partial charge < -0.3 is 0 Å². The average molecular weight is 320 g/mol. The van der Waals surface area contributed by atoms with Gasteiger partial charge in [-0.2, -0.15) is 10.4 Å². The summed E-state index contributed by atoms with van der Waals surface area (Å²) in [7, 11) is 1.78. The van der Waals surface area contributed by atoms with Crippen LogP contribution >= 0.6 is 15.9 Å². The zero-order chi connectivity index (χ0) is 14.0. The molecule has 0 N–H and O–H groups in total. The number of aryl methyl sites for hydroxylation is 2. The van der Waals surface area contributed by atoms with E-state index in [9.17, 15) is 9.65 Å². The Hall–Kier alpha value is -1.93. The van der Waals surface area contributed by atoms with E-state index in [-0.39, 0.29) is 5.82 Å². The van der Waals surface area contributed by atoms with Crippen molar-refractivity contribution in [3.63, 3.8) is 0 Å². The molecule has 0 amide bonds. The Morgan fingerprint density at radius 1 is 1.53 bits per heavy atom. The van der Waals surface area contributed by atoms with Crippen molar-refractivity contribution in [3.8, 4) is 6.07 Å². The molecule has 0 unspecified atom stereocenters. The van der Waals surface area contributed by atoms with Crippen LogP contribution in [-0.2, 0) is 7.05 Å². The van der Waals surface area contributed by atoms with Crippen LogP contribution in [0.4, 0.5) is 4.39 Å². The molecule has 1 heterocycles. The summed E-state index contributed by atoms with van der Waals surface area (Å²) in [6.45, 7) is 1.85. The Morgan fingerprint density at radius 3 is 2.84 bits per heavy atom. The summed E-state index contributed by atoms with van der Waals surface area (Å²) in [6.07, 6.45) is 3.35. The Kier molecular flexibility index (Phi) is 3.82. The number of aromatic nitrogens is 2. The Morgan fingerprint density at radius 2 is 2.26 bits per heavy atom. The van der Waals surface area contributed by atoms with Crippen LogP contribution in [0.1, 0.15) is 16.8 Å². The Labute approximate surface area is 119 Å². The highest BCUT2D eigenvalue weighted by atomic mass is 79.9. The molecule has 1 aromatic carbocycles. The zero-order valence-corrected chi connectivity index (χ0v) is 12.1. The quantitative estimate of drug-likeness (QED) is 0.792. The first kappa shape index (κ1) is 13.5. The molecule has 2 rings (SSSR count). The second-order valence-electron chi connectivity index (χ2n) is 4.13. The van der Waals surface area contributed by atoms with Gasteiger partial charge in [-0.3, -0.25) is 4.68 Å². The minimum Gasteiger partial charge on any atom is -0.267 e. The van der Waals surface area contributed by atoms with Gasteiger partial charge in [0.05, 0.1) is 28.0 Å². The second-order valence-corrected chi connectivity index (χ2v) is 4.98. The number of allylic oxidation sites excluding steroid dienone is 1. The Balaban J connectivity index is 2.58. The number of halogens is 2. The van der Waals surface area contributed by atoms with E-state index < -0.39 is 0 Å². The topological polar surface area (TPSA) is 41.6 Å². The number of hydrogen-bond donors (Lipinski definition) is 0. The minimum absolute atomic E-state index is 0.356. The molecule has 96 valence electrons. The summed E-state index contributed by atoms with van der Waals surface area (Å²) >= 11 is 3.37. The molecule has 0 saturated carbocycles. The fourth-order valence-electron chi connectivity index (χ4n) is 1.77. The van der Waals surface area contributed by atoms with Gasteiger partial charge in [0.25, 0.3) is 0 Å². The van der Waals surface area contributed by atoms with Crippen molar-refractivity contribution in [1.82, 2.24) is 9.78 Å². The maximum atomic E-state index is 13.3. The highest BCUT2D eigenvalue weighted by Crippen LogP contribution is 2.25. The van der Waals surface area contributed by atoms with Crippen molar-refractivity contribution in [2.24, 2.45) is 7.05 Å². The maximum absolute atomic E-state index is 13.3. The lowest BCUT2D eigenvalue weighted by Crippen LogP contribution is -1.95. The lowest BCUT2D eigenvalue weighted by Gasteiger charge is -2.05. The fraction of sp³-hybridized carbons (Fsp3) is 0.143. The molecule has 0 aliphatic carbocycles. The van der Waals surface area contributed by atoms with Gasteiger partial charge in [-0.25, -0.2) is 4.39 Å². The van der Waals surface area contributed by atoms with Gasteiger partial charge in [-0.05, 0) is 52.2 Å². The second kappa shape index (κ2) is 5.37. The van der Waals surface area contributed by atoms with Crippen LogP contribution in [0.25, 0.3) is 11.6 Å². The molecular formula is C14H11BrFN3. The first-order valence-electron chi connectivity index (χ1n) is 5.58. The number of hydrogen-bond acceptors (Lipinski definition) is 2. The van der Waals surface area contributed by atoms with Crippen LogP contribution in [0.2, 0.25) is 0 Å². The molecule has 0 saturated heterocycles. The molecule has 0 aliphatic heterocycles. The lowest BCUT2D eigenvalue weighted by atomic mass is 10.0. The van der Waals surface area contributed by atoms with Gasteiger partial charge in [-0.15, -0.1) is 0 Å². The van der Waals surface area contributed by atoms with Gasteiger partial charge in [0, 0.05) is 7.05 Å². The predicted octanol–water partition coefficient (Wildman–Crippen LogP) is 3.69. The van der Waals surface area contributed by atoms with E-state index in [4.69, 9.17) is 0 Å². The summed E-state index contributed by atoms with van der Waals surface area (Å²) in [5.41, 5.74) is 2.62. The number of benzene rings is 1. The van der Waals surface area contributed by atoms with Crippen molar-refractivity contribution in [2.75, 3.05) is 0 Å². The van der Waals surface area contributed by atoms with Crippen molar-refractivity contribution in [2.45, 2.75) is 6.92 Å². The SMILES string of the molecule is Cc1ccc(F)cc1/C(C#N)=C/c1c(Br)cnn1C. The molecule has 0 bridgehead atoms. The smallest absolute Gasteiger partial charge is 0.123 e. The number of nitriles is 1. The number of nitrogens with zero attached hydrogens (tertiary/aromatic N) is 3. The van der Waals surface area contributed by atoms with Gasteiger partial charge in [0.15, 0.2) is 0 Å². The van der Waals surface area contributed by atoms with Gasteiger partial charge in [0.1, 0.15) is 5.82 Å². The third-order valence-corrected chi connectivity index (χ3v) is 3.44. The monoisotopic (exact) mass is 319 g/mol. The van der Waals surface area contributed by atoms with Crippen LogP contribution in [0.15, 0.2) is 28.9 Å². The highest BCUT2D eigenvalue weighted by Gasteiger charge is 2.09. The van der Waals surface area contributed by atoms with Gasteiger partial charge in [0.2, 0.25) is 0 Å². The van der Waals surface area contributed by atoms with Crippen LogP contribution in [0.3, 0.4) is 0 Å². The molecule has 0 fully saturated rings. The molecule has 3 nitrogen and oxygen atoms in total. The van der Waals surface area contributed by atoms with Crippen LogP contribution in [-0.4, -0.2) is 9.78 Å². The molecule has 0 atom stereocenters.